The first-order valence-electron chi connectivity index (χ1n) is 7.39. The van der Waals surface area contributed by atoms with E-state index >= 15 is 0 Å². The SMILES string of the molecule is FC(F)(F)c1nc2ccc3cccnc3c2n1Cc1ccccc1. The summed E-state index contributed by atoms with van der Waals surface area (Å²) >= 11 is 0. The molecule has 120 valence electrons. The van der Waals surface area contributed by atoms with Crippen LogP contribution in [0.3, 0.4) is 0 Å². The number of halogens is 3. The van der Waals surface area contributed by atoms with E-state index in [2.05, 4.69) is 9.97 Å². The fourth-order valence-corrected chi connectivity index (χ4v) is 2.89. The van der Waals surface area contributed by atoms with Crippen LogP contribution in [-0.2, 0) is 12.7 Å². The normalized spacial score (nSPS) is 12.1. The summed E-state index contributed by atoms with van der Waals surface area (Å²) in [7, 11) is 0. The molecule has 0 atom stereocenters. The van der Waals surface area contributed by atoms with Crippen LogP contribution in [0.15, 0.2) is 60.8 Å². The number of rotatable bonds is 2. The molecule has 0 spiro atoms. The summed E-state index contributed by atoms with van der Waals surface area (Å²) in [6.07, 6.45) is -2.95. The minimum absolute atomic E-state index is 0.0852. The average molecular weight is 327 g/mol. The van der Waals surface area contributed by atoms with E-state index in [1.165, 1.54) is 4.57 Å². The van der Waals surface area contributed by atoms with Crippen LogP contribution >= 0.6 is 0 Å². The third-order valence-electron chi connectivity index (χ3n) is 3.92. The quantitative estimate of drug-likeness (QED) is 0.536. The number of hydrogen-bond acceptors (Lipinski definition) is 2. The number of alkyl halides is 3. The van der Waals surface area contributed by atoms with Crippen LogP contribution in [0.2, 0.25) is 0 Å². The molecule has 0 amide bonds. The van der Waals surface area contributed by atoms with Gasteiger partial charge in [0.05, 0.1) is 16.6 Å². The van der Waals surface area contributed by atoms with Gasteiger partial charge in [0, 0.05) is 18.1 Å². The predicted octanol–water partition coefficient (Wildman–Crippen LogP) is 4.65. The van der Waals surface area contributed by atoms with Gasteiger partial charge in [-0.3, -0.25) is 4.98 Å². The summed E-state index contributed by atoms with van der Waals surface area (Å²) in [5.74, 6) is -0.903. The lowest BCUT2D eigenvalue weighted by Gasteiger charge is -2.12. The summed E-state index contributed by atoms with van der Waals surface area (Å²) < 4.78 is 41.7. The number of fused-ring (bicyclic) bond motifs is 3. The van der Waals surface area contributed by atoms with Crippen molar-refractivity contribution in [3.63, 3.8) is 0 Å². The zero-order chi connectivity index (χ0) is 16.7. The van der Waals surface area contributed by atoms with Crippen molar-refractivity contribution in [2.75, 3.05) is 0 Å². The second-order valence-electron chi connectivity index (χ2n) is 5.51. The van der Waals surface area contributed by atoms with E-state index in [9.17, 15) is 13.2 Å². The number of hydrogen-bond donors (Lipinski definition) is 0. The first kappa shape index (κ1) is 14.7. The van der Waals surface area contributed by atoms with E-state index in [0.29, 0.717) is 16.6 Å². The van der Waals surface area contributed by atoms with Crippen LogP contribution in [0.1, 0.15) is 11.4 Å². The molecule has 0 bridgehead atoms. The minimum Gasteiger partial charge on any atom is -0.314 e. The highest BCUT2D eigenvalue weighted by molar-refractivity contribution is 6.02. The van der Waals surface area contributed by atoms with Crippen molar-refractivity contribution in [1.29, 1.82) is 0 Å². The van der Waals surface area contributed by atoms with Crippen LogP contribution in [0.4, 0.5) is 13.2 Å². The maximum Gasteiger partial charge on any atom is 0.449 e. The van der Waals surface area contributed by atoms with Crippen molar-refractivity contribution < 1.29 is 13.2 Å². The van der Waals surface area contributed by atoms with E-state index in [1.807, 2.05) is 12.1 Å². The van der Waals surface area contributed by atoms with E-state index in [0.717, 1.165) is 10.9 Å². The predicted molar refractivity (Wildman–Crippen MR) is 85.6 cm³/mol. The van der Waals surface area contributed by atoms with Gasteiger partial charge in [0.15, 0.2) is 0 Å². The highest BCUT2D eigenvalue weighted by Crippen LogP contribution is 2.34. The van der Waals surface area contributed by atoms with Gasteiger partial charge < -0.3 is 4.57 Å². The first-order valence-corrected chi connectivity index (χ1v) is 7.39. The van der Waals surface area contributed by atoms with Crippen molar-refractivity contribution in [2.45, 2.75) is 12.7 Å². The molecule has 24 heavy (non-hydrogen) atoms. The van der Waals surface area contributed by atoms with Crippen molar-refractivity contribution in [3.05, 3.63) is 72.2 Å². The van der Waals surface area contributed by atoms with E-state index in [4.69, 9.17) is 0 Å². The number of aromatic nitrogens is 3. The van der Waals surface area contributed by atoms with Crippen molar-refractivity contribution in [3.8, 4) is 0 Å². The summed E-state index contributed by atoms with van der Waals surface area (Å²) in [6.45, 7) is 0.0852. The Morgan fingerprint density at radius 2 is 1.71 bits per heavy atom. The fourth-order valence-electron chi connectivity index (χ4n) is 2.89. The average Bonchev–Trinajstić information content (AvgIpc) is 2.95. The summed E-state index contributed by atoms with van der Waals surface area (Å²) in [6, 6.07) is 16.0. The Kier molecular flexibility index (Phi) is 3.26. The maximum absolute atomic E-state index is 13.5. The molecule has 0 saturated heterocycles. The summed E-state index contributed by atoms with van der Waals surface area (Å²) in [5.41, 5.74) is 2.00. The Balaban J connectivity index is 2.04. The van der Waals surface area contributed by atoms with Crippen molar-refractivity contribution in [2.24, 2.45) is 0 Å². The third kappa shape index (κ3) is 2.40. The first-order chi connectivity index (χ1) is 11.5. The van der Waals surface area contributed by atoms with Crippen LogP contribution < -0.4 is 0 Å². The van der Waals surface area contributed by atoms with Crippen LogP contribution in [0.25, 0.3) is 21.9 Å². The van der Waals surface area contributed by atoms with Crippen molar-refractivity contribution in [1.82, 2.24) is 14.5 Å². The third-order valence-corrected chi connectivity index (χ3v) is 3.92. The molecule has 4 rings (SSSR count). The second kappa shape index (κ2) is 5.33. The number of nitrogens with zero attached hydrogens (tertiary/aromatic N) is 3. The molecule has 0 radical (unpaired) electrons. The molecule has 6 heteroatoms. The number of benzene rings is 2. The number of imidazole rings is 1. The van der Waals surface area contributed by atoms with E-state index in [1.54, 1.807) is 48.7 Å². The van der Waals surface area contributed by atoms with Gasteiger partial charge in [-0.05, 0) is 17.7 Å². The Bertz CT molecular complexity index is 1020. The van der Waals surface area contributed by atoms with Crippen LogP contribution in [0.5, 0.6) is 0 Å². The molecule has 0 aliphatic carbocycles. The Morgan fingerprint density at radius 1 is 0.917 bits per heavy atom. The molecule has 0 aliphatic heterocycles. The van der Waals surface area contributed by atoms with Gasteiger partial charge >= 0.3 is 6.18 Å². The maximum atomic E-state index is 13.5. The Labute approximate surface area is 135 Å². The summed E-state index contributed by atoms with van der Waals surface area (Å²) in [5, 5.41) is 0.785. The Hall–Kier alpha value is -2.89. The molecule has 0 saturated carbocycles. The molecule has 3 nitrogen and oxygen atoms in total. The Morgan fingerprint density at radius 3 is 2.46 bits per heavy atom. The van der Waals surface area contributed by atoms with E-state index < -0.39 is 12.0 Å². The lowest BCUT2D eigenvalue weighted by Crippen LogP contribution is -2.15. The van der Waals surface area contributed by atoms with E-state index in [-0.39, 0.29) is 6.54 Å². The molecule has 0 fully saturated rings. The highest BCUT2D eigenvalue weighted by atomic mass is 19.4. The zero-order valence-corrected chi connectivity index (χ0v) is 12.5. The number of pyridine rings is 1. The van der Waals surface area contributed by atoms with Gasteiger partial charge in [0.2, 0.25) is 5.82 Å². The monoisotopic (exact) mass is 327 g/mol. The molecule has 0 aliphatic rings. The smallest absolute Gasteiger partial charge is 0.314 e. The summed E-state index contributed by atoms with van der Waals surface area (Å²) in [4.78, 5) is 8.11. The molecule has 2 aromatic carbocycles. The van der Waals surface area contributed by atoms with Gasteiger partial charge in [-0.15, -0.1) is 0 Å². The van der Waals surface area contributed by atoms with Crippen molar-refractivity contribution >= 4 is 21.9 Å². The standard InChI is InChI=1S/C18H12F3N3/c19-18(20,21)17-23-14-9-8-13-7-4-10-22-15(13)16(14)24(17)11-12-5-2-1-3-6-12/h1-10H,11H2. The van der Waals surface area contributed by atoms with Gasteiger partial charge in [-0.1, -0.05) is 42.5 Å². The minimum atomic E-state index is -4.53. The van der Waals surface area contributed by atoms with Gasteiger partial charge in [-0.25, -0.2) is 4.98 Å². The van der Waals surface area contributed by atoms with Crippen LogP contribution in [-0.4, -0.2) is 14.5 Å². The topological polar surface area (TPSA) is 30.7 Å². The lowest BCUT2D eigenvalue weighted by atomic mass is 10.2. The molecular formula is C18H12F3N3. The highest BCUT2D eigenvalue weighted by Gasteiger charge is 2.38. The largest absolute Gasteiger partial charge is 0.449 e. The van der Waals surface area contributed by atoms with Gasteiger partial charge in [0.1, 0.15) is 0 Å². The van der Waals surface area contributed by atoms with Gasteiger partial charge in [0.25, 0.3) is 0 Å². The second-order valence-corrected chi connectivity index (χ2v) is 5.51. The molecular weight excluding hydrogens is 315 g/mol. The van der Waals surface area contributed by atoms with Crippen LogP contribution in [0, 0.1) is 0 Å². The molecule has 2 aromatic heterocycles. The fraction of sp³-hybridized carbons (Fsp3) is 0.111. The molecule has 4 aromatic rings. The molecule has 0 unspecified atom stereocenters. The lowest BCUT2D eigenvalue weighted by molar-refractivity contribution is -0.146. The zero-order valence-electron chi connectivity index (χ0n) is 12.5. The molecule has 2 heterocycles. The molecule has 0 N–H and O–H groups in total. The van der Waals surface area contributed by atoms with Gasteiger partial charge in [-0.2, -0.15) is 13.2 Å².